The first-order chi connectivity index (χ1) is 12.5. The molecule has 1 fully saturated rings. The van der Waals surface area contributed by atoms with E-state index in [0.717, 1.165) is 24.6 Å². The third-order valence-corrected chi connectivity index (χ3v) is 4.38. The summed E-state index contributed by atoms with van der Waals surface area (Å²) in [6, 6.07) is 8.32. The number of carbonyl (C=O) groups is 1. The number of hydrogen-bond donors (Lipinski definition) is 2. The van der Waals surface area contributed by atoms with Crippen molar-refractivity contribution >= 4 is 12.1 Å². The summed E-state index contributed by atoms with van der Waals surface area (Å²) in [5, 5.41) is 6.72. The molecular formula is C19H30N4O3. The van der Waals surface area contributed by atoms with Crippen molar-refractivity contribution in [3.63, 3.8) is 0 Å². The number of ether oxygens (including phenoxy) is 2. The van der Waals surface area contributed by atoms with Crippen molar-refractivity contribution in [3.8, 4) is 5.75 Å². The Hall–Kier alpha value is -2.44. The zero-order valence-electron chi connectivity index (χ0n) is 16.1. The van der Waals surface area contributed by atoms with Crippen LogP contribution in [0.4, 0.5) is 4.79 Å². The van der Waals surface area contributed by atoms with Gasteiger partial charge in [0.2, 0.25) is 0 Å². The first-order valence-corrected chi connectivity index (χ1v) is 9.05. The number of carbonyl (C=O) groups excluding carboxylic acids is 1. The van der Waals surface area contributed by atoms with E-state index in [9.17, 15) is 4.79 Å². The highest BCUT2D eigenvalue weighted by Gasteiger charge is 2.23. The molecule has 26 heavy (non-hydrogen) atoms. The molecule has 1 unspecified atom stereocenters. The van der Waals surface area contributed by atoms with Crippen molar-refractivity contribution in [3.05, 3.63) is 29.8 Å². The number of benzene rings is 1. The van der Waals surface area contributed by atoms with Crippen LogP contribution in [-0.4, -0.2) is 62.9 Å². The van der Waals surface area contributed by atoms with Gasteiger partial charge < -0.3 is 25.0 Å². The lowest BCUT2D eigenvalue weighted by Crippen LogP contribution is -2.50. The summed E-state index contributed by atoms with van der Waals surface area (Å²) in [6.45, 7) is 6.10. The van der Waals surface area contributed by atoms with Gasteiger partial charge in [-0.15, -0.1) is 0 Å². The molecule has 7 heteroatoms. The van der Waals surface area contributed by atoms with E-state index in [1.165, 1.54) is 12.7 Å². The molecule has 0 aliphatic carbocycles. The second-order valence-electron chi connectivity index (χ2n) is 6.57. The minimum atomic E-state index is -0.256. The Morgan fingerprint density at radius 3 is 2.73 bits per heavy atom. The van der Waals surface area contributed by atoms with E-state index in [1.54, 1.807) is 11.9 Å². The SMILES string of the molecule is CN=C(NCC(C)Oc1cccc(C)c1)NC1CCN(C(=O)OC)CC1. The molecule has 0 saturated carbocycles. The van der Waals surface area contributed by atoms with E-state index in [1.807, 2.05) is 38.1 Å². The Bertz CT molecular complexity index is 613. The Balaban J connectivity index is 1.73. The second kappa shape index (κ2) is 9.89. The first-order valence-electron chi connectivity index (χ1n) is 9.05. The van der Waals surface area contributed by atoms with Gasteiger partial charge in [0.15, 0.2) is 5.96 Å². The van der Waals surface area contributed by atoms with Crippen molar-refractivity contribution in [1.29, 1.82) is 0 Å². The molecule has 7 nitrogen and oxygen atoms in total. The number of methoxy groups -OCH3 is 1. The van der Waals surface area contributed by atoms with E-state index in [4.69, 9.17) is 9.47 Å². The number of rotatable bonds is 5. The summed E-state index contributed by atoms with van der Waals surface area (Å²) >= 11 is 0. The number of aryl methyl sites for hydroxylation is 1. The van der Waals surface area contributed by atoms with Gasteiger partial charge in [-0.1, -0.05) is 12.1 Å². The molecular weight excluding hydrogens is 332 g/mol. The molecule has 144 valence electrons. The van der Waals surface area contributed by atoms with Crippen LogP contribution in [0.3, 0.4) is 0 Å². The van der Waals surface area contributed by atoms with Crippen LogP contribution in [0.1, 0.15) is 25.3 Å². The summed E-state index contributed by atoms with van der Waals surface area (Å²) in [6.07, 6.45) is 1.49. The highest BCUT2D eigenvalue weighted by Crippen LogP contribution is 2.14. The maximum absolute atomic E-state index is 11.5. The fraction of sp³-hybridized carbons (Fsp3) is 0.579. The van der Waals surface area contributed by atoms with E-state index in [-0.39, 0.29) is 18.2 Å². The number of guanidine groups is 1. The van der Waals surface area contributed by atoms with Gasteiger partial charge in [0.1, 0.15) is 11.9 Å². The quantitative estimate of drug-likeness (QED) is 0.620. The summed E-state index contributed by atoms with van der Waals surface area (Å²) < 4.78 is 10.7. The van der Waals surface area contributed by atoms with Gasteiger partial charge in [-0.3, -0.25) is 4.99 Å². The fourth-order valence-electron chi connectivity index (χ4n) is 2.93. The molecule has 1 aliphatic rings. The number of nitrogens with zero attached hydrogens (tertiary/aromatic N) is 2. The van der Waals surface area contributed by atoms with Gasteiger partial charge in [-0.25, -0.2) is 4.79 Å². The number of nitrogens with one attached hydrogen (secondary N) is 2. The predicted molar refractivity (Wildman–Crippen MR) is 103 cm³/mol. The lowest BCUT2D eigenvalue weighted by atomic mass is 10.1. The Labute approximate surface area is 155 Å². The molecule has 1 aliphatic heterocycles. The maximum atomic E-state index is 11.5. The normalized spacial score (nSPS) is 16.8. The van der Waals surface area contributed by atoms with Crippen molar-refractivity contribution in [2.45, 2.75) is 38.8 Å². The zero-order valence-corrected chi connectivity index (χ0v) is 16.1. The van der Waals surface area contributed by atoms with Crippen LogP contribution in [-0.2, 0) is 4.74 Å². The van der Waals surface area contributed by atoms with E-state index < -0.39 is 0 Å². The van der Waals surface area contributed by atoms with Crippen molar-refractivity contribution in [2.75, 3.05) is 33.8 Å². The lowest BCUT2D eigenvalue weighted by Gasteiger charge is -2.32. The highest BCUT2D eigenvalue weighted by molar-refractivity contribution is 5.80. The topological polar surface area (TPSA) is 75.2 Å². The third-order valence-electron chi connectivity index (χ3n) is 4.38. The molecule has 1 heterocycles. The zero-order chi connectivity index (χ0) is 18.9. The number of amides is 1. The molecule has 2 rings (SSSR count). The largest absolute Gasteiger partial charge is 0.489 e. The molecule has 0 aromatic heterocycles. The number of aliphatic imine (C=N–C) groups is 1. The molecule has 0 radical (unpaired) electrons. The number of hydrogen-bond acceptors (Lipinski definition) is 4. The summed E-state index contributed by atoms with van der Waals surface area (Å²) in [7, 11) is 3.17. The van der Waals surface area contributed by atoms with Gasteiger partial charge in [0.05, 0.1) is 13.7 Å². The van der Waals surface area contributed by atoms with E-state index in [0.29, 0.717) is 19.6 Å². The van der Waals surface area contributed by atoms with E-state index >= 15 is 0 Å². The van der Waals surface area contributed by atoms with Gasteiger partial charge in [-0.2, -0.15) is 0 Å². The Kier molecular flexibility index (Phi) is 7.56. The van der Waals surface area contributed by atoms with Crippen LogP contribution in [0.25, 0.3) is 0 Å². The van der Waals surface area contributed by atoms with Crippen LogP contribution in [0.5, 0.6) is 5.75 Å². The lowest BCUT2D eigenvalue weighted by molar-refractivity contribution is 0.111. The summed E-state index contributed by atoms with van der Waals surface area (Å²) in [5.74, 6) is 1.62. The number of likely N-dealkylation sites (tertiary alicyclic amines) is 1. The molecule has 1 saturated heterocycles. The van der Waals surface area contributed by atoms with Gasteiger partial charge in [0, 0.05) is 26.2 Å². The van der Waals surface area contributed by atoms with Crippen molar-refractivity contribution in [2.24, 2.45) is 4.99 Å². The molecule has 2 N–H and O–H groups in total. The second-order valence-corrected chi connectivity index (χ2v) is 6.57. The first kappa shape index (κ1) is 19.9. The molecule has 1 aromatic rings. The average molecular weight is 362 g/mol. The van der Waals surface area contributed by atoms with Crippen LogP contribution in [0.15, 0.2) is 29.3 Å². The predicted octanol–water partition coefficient (Wildman–Crippen LogP) is 2.16. The fourth-order valence-corrected chi connectivity index (χ4v) is 2.93. The van der Waals surface area contributed by atoms with E-state index in [2.05, 4.69) is 15.6 Å². The molecule has 0 bridgehead atoms. The Morgan fingerprint density at radius 2 is 2.12 bits per heavy atom. The smallest absolute Gasteiger partial charge is 0.409 e. The molecule has 0 spiro atoms. The molecule has 1 atom stereocenters. The molecule has 1 aromatic carbocycles. The van der Waals surface area contributed by atoms with Gasteiger partial charge >= 0.3 is 6.09 Å². The van der Waals surface area contributed by atoms with Crippen molar-refractivity contribution in [1.82, 2.24) is 15.5 Å². The van der Waals surface area contributed by atoms with Gasteiger partial charge in [-0.05, 0) is 44.4 Å². The number of piperidine rings is 1. The monoisotopic (exact) mass is 362 g/mol. The van der Waals surface area contributed by atoms with Crippen LogP contribution < -0.4 is 15.4 Å². The average Bonchev–Trinajstić information content (AvgIpc) is 2.65. The Morgan fingerprint density at radius 1 is 1.38 bits per heavy atom. The maximum Gasteiger partial charge on any atom is 0.409 e. The summed E-state index contributed by atoms with van der Waals surface area (Å²) in [4.78, 5) is 17.5. The van der Waals surface area contributed by atoms with Gasteiger partial charge in [0.25, 0.3) is 0 Å². The summed E-state index contributed by atoms with van der Waals surface area (Å²) in [5.41, 5.74) is 1.18. The minimum Gasteiger partial charge on any atom is -0.489 e. The van der Waals surface area contributed by atoms with Crippen LogP contribution >= 0.6 is 0 Å². The highest BCUT2D eigenvalue weighted by atomic mass is 16.5. The van der Waals surface area contributed by atoms with Crippen LogP contribution in [0, 0.1) is 6.92 Å². The third kappa shape index (κ3) is 6.13. The van der Waals surface area contributed by atoms with Crippen molar-refractivity contribution < 1.29 is 14.3 Å². The van der Waals surface area contributed by atoms with Crippen LogP contribution in [0.2, 0.25) is 0 Å². The minimum absolute atomic E-state index is 0.0107. The molecule has 1 amide bonds. The standard InChI is InChI=1S/C19H30N4O3/c1-14-6-5-7-17(12-14)26-15(2)13-21-18(20-3)22-16-8-10-23(11-9-16)19(24)25-4/h5-7,12,15-16H,8-11,13H2,1-4H3,(H2,20,21,22).